The number of hydrogen-bond acceptors (Lipinski definition) is 5. The molecule has 0 bridgehead atoms. The van der Waals surface area contributed by atoms with Gasteiger partial charge in [-0.05, 0) is 61.0 Å². The van der Waals surface area contributed by atoms with Crippen LogP contribution in [0.3, 0.4) is 0 Å². The minimum Gasteiger partial charge on any atom is -0.494 e. The largest absolute Gasteiger partial charge is 0.494 e. The van der Waals surface area contributed by atoms with Crippen LogP contribution in [-0.2, 0) is 4.79 Å². The van der Waals surface area contributed by atoms with Crippen molar-refractivity contribution < 1.29 is 18.7 Å². The van der Waals surface area contributed by atoms with Crippen molar-refractivity contribution in [3.8, 4) is 5.75 Å². The lowest BCUT2D eigenvalue weighted by atomic mass is 10.2. The molecular formula is C25H29N3O4. The molecule has 2 amide bonds. The number of hydrogen-bond donors (Lipinski definition) is 3. The van der Waals surface area contributed by atoms with Crippen LogP contribution in [0.1, 0.15) is 43.2 Å². The van der Waals surface area contributed by atoms with E-state index >= 15 is 0 Å². The first-order valence-corrected chi connectivity index (χ1v) is 10.9. The molecule has 0 radical (unpaired) electrons. The molecule has 0 spiro atoms. The minimum absolute atomic E-state index is 0.111. The summed E-state index contributed by atoms with van der Waals surface area (Å²) in [5, 5.41) is 8.64. The van der Waals surface area contributed by atoms with Crippen molar-refractivity contribution in [1.29, 1.82) is 0 Å². The van der Waals surface area contributed by atoms with Gasteiger partial charge in [0.05, 0.1) is 19.4 Å². The Morgan fingerprint density at radius 2 is 1.66 bits per heavy atom. The van der Waals surface area contributed by atoms with Gasteiger partial charge >= 0.3 is 0 Å². The van der Waals surface area contributed by atoms with Crippen LogP contribution < -0.4 is 20.7 Å². The van der Waals surface area contributed by atoms with Crippen molar-refractivity contribution in [3.05, 3.63) is 72.7 Å². The predicted molar refractivity (Wildman–Crippen MR) is 126 cm³/mol. The molecule has 0 atom stereocenters. The monoisotopic (exact) mass is 435 g/mol. The third kappa shape index (κ3) is 7.50. The SMILES string of the molecule is CCCCCCOc1ccc(NCC(=O)Nc2cccc(NC(=O)c3ccco3)c2)cc1. The number of furan rings is 1. The summed E-state index contributed by atoms with van der Waals surface area (Å²) in [5.74, 6) is 0.491. The number of carbonyl (C=O) groups excluding carboxylic acids is 2. The average Bonchev–Trinajstić information content (AvgIpc) is 3.34. The standard InChI is InChI=1S/C25H29N3O4/c1-2-3-4-5-15-31-22-13-11-19(12-14-22)26-18-24(29)27-20-8-6-9-21(17-20)28-25(30)23-10-7-16-32-23/h6-14,16-17,26H,2-5,15,18H2,1H3,(H,27,29)(H,28,30). The summed E-state index contributed by atoms with van der Waals surface area (Å²) in [7, 11) is 0. The summed E-state index contributed by atoms with van der Waals surface area (Å²) in [6.45, 7) is 3.02. The van der Waals surface area contributed by atoms with Crippen molar-refractivity contribution in [3.63, 3.8) is 0 Å². The molecule has 0 saturated heterocycles. The lowest BCUT2D eigenvalue weighted by molar-refractivity contribution is -0.114. The van der Waals surface area contributed by atoms with Crippen LogP contribution in [0.15, 0.2) is 71.3 Å². The Bertz CT molecular complexity index is 985. The summed E-state index contributed by atoms with van der Waals surface area (Å²) in [5.41, 5.74) is 1.97. The molecule has 7 nitrogen and oxygen atoms in total. The summed E-state index contributed by atoms with van der Waals surface area (Å²) in [6, 6.07) is 17.7. The molecule has 1 heterocycles. The Morgan fingerprint density at radius 3 is 2.38 bits per heavy atom. The van der Waals surface area contributed by atoms with Gasteiger partial charge in [-0.25, -0.2) is 0 Å². The van der Waals surface area contributed by atoms with E-state index in [1.807, 2.05) is 24.3 Å². The maximum atomic E-state index is 12.3. The smallest absolute Gasteiger partial charge is 0.291 e. The first-order valence-electron chi connectivity index (χ1n) is 10.9. The molecule has 0 saturated carbocycles. The number of anilines is 3. The van der Waals surface area contributed by atoms with Gasteiger partial charge in [-0.2, -0.15) is 0 Å². The number of amides is 2. The normalized spacial score (nSPS) is 10.4. The van der Waals surface area contributed by atoms with E-state index in [9.17, 15) is 9.59 Å². The summed E-state index contributed by atoms with van der Waals surface area (Å²) in [6.07, 6.45) is 6.12. The maximum Gasteiger partial charge on any atom is 0.291 e. The Balaban J connectivity index is 1.42. The molecule has 7 heteroatoms. The third-order valence-electron chi connectivity index (χ3n) is 4.72. The van der Waals surface area contributed by atoms with Crippen molar-refractivity contribution in [2.45, 2.75) is 32.6 Å². The summed E-state index contributed by atoms with van der Waals surface area (Å²) >= 11 is 0. The first-order chi connectivity index (χ1) is 15.6. The fourth-order valence-corrected chi connectivity index (χ4v) is 3.05. The second-order valence-electron chi connectivity index (χ2n) is 7.35. The lowest BCUT2D eigenvalue weighted by Crippen LogP contribution is -2.21. The van der Waals surface area contributed by atoms with Crippen molar-refractivity contribution >= 4 is 28.9 Å². The molecule has 0 aliphatic carbocycles. The van der Waals surface area contributed by atoms with Crippen LogP contribution in [-0.4, -0.2) is 25.0 Å². The van der Waals surface area contributed by atoms with Crippen molar-refractivity contribution in [1.82, 2.24) is 0 Å². The van der Waals surface area contributed by atoms with E-state index in [1.54, 1.807) is 36.4 Å². The molecule has 0 fully saturated rings. The zero-order chi connectivity index (χ0) is 22.6. The molecule has 0 aliphatic heterocycles. The Hall–Kier alpha value is -3.74. The van der Waals surface area contributed by atoms with Crippen LogP contribution in [0.25, 0.3) is 0 Å². The molecule has 0 aliphatic rings. The molecule has 1 aromatic heterocycles. The molecule has 0 unspecified atom stereocenters. The highest BCUT2D eigenvalue weighted by Crippen LogP contribution is 2.18. The summed E-state index contributed by atoms with van der Waals surface area (Å²) < 4.78 is 10.8. The van der Waals surface area contributed by atoms with Gasteiger partial charge < -0.3 is 25.1 Å². The van der Waals surface area contributed by atoms with Gasteiger partial charge in [0.15, 0.2) is 5.76 Å². The predicted octanol–water partition coefficient (Wildman–Crippen LogP) is 5.54. The highest BCUT2D eigenvalue weighted by atomic mass is 16.5. The number of rotatable bonds is 12. The second kappa shape index (κ2) is 12.2. The number of carbonyl (C=O) groups is 2. The van der Waals surface area contributed by atoms with Crippen LogP contribution in [0.4, 0.5) is 17.1 Å². The molecule has 3 aromatic rings. The van der Waals surface area contributed by atoms with E-state index in [-0.39, 0.29) is 24.1 Å². The van der Waals surface area contributed by atoms with E-state index in [4.69, 9.17) is 9.15 Å². The zero-order valence-corrected chi connectivity index (χ0v) is 18.2. The topological polar surface area (TPSA) is 92.6 Å². The fourth-order valence-electron chi connectivity index (χ4n) is 3.05. The van der Waals surface area contributed by atoms with Gasteiger partial charge in [0, 0.05) is 17.1 Å². The van der Waals surface area contributed by atoms with E-state index in [0.29, 0.717) is 11.4 Å². The van der Waals surface area contributed by atoms with E-state index in [1.165, 1.54) is 25.5 Å². The molecular weight excluding hydrogens is 406 g/mol. The Morgan fingerprint density at radius 1 is 0.875 bits per heavy atom. The molecule has 32 heavy (non-hydrogen) atoms. The average molecular weight is 436 g/mol. The molecule has 168 valence electrons. The van der Waals surface area contributed by atoms with Crippen molar-refractivity contribution in [2.24, 2.45) is 0 Å². The lowest BCUT2D eigenvalue weighted by Gasteiger charge is -2.10. The van der Waals surface area contributed by atoms with Crippen molar-refractivity contribution in [2.75, 3.05) is 29.1 Å². The zero-order valence-electron chi connectivity index (χ0n) is 18.2. The number of nitrogens with one attached hydrogen (secondary N) is 3. The minimum atomic E-state index is -0.353. The van der Waals surface area contributed by atoms with Crippen LogP contribution in [0.2, 0.25) is 0 Å². The molecule has 3 rings (SSSR count). The second-order valence-corrected chi connectivity index (χ2v) is 7.35. The van der Waals surface area contributed by atoms with Crippen LogP contribution in [0, 0.1) is 0 Å². The highest BCUT2D eigenvalue weighted by molar-refractivity contribution is 6.02. The maximum absolute atomic E-state index is 12.3. The summed E-state index contributed by atoms with van der Waals surface area (Å²) in [4.78, 5) is 24.4. The Kier molecular flexibility index (Phi) is 8.74. The van der Waals surface area contributed by atoms with Gasteiger partial charge in [-0.3, -0.25) is 9.59 Å². The molecule has 3 N–H and O–H groups in total. The third-order valence-corrected chi connectivity index (χ3v) is 4.72. The Labute approximate surface area is 188 Å². The quantitative estimate of drug-likeness (QED) is 0.325. The number of unbranched alkanes of at least 4 members (excludes halogenated alkanes) is 3. The first kappa shape index (κ1) is 22.9. The van der Waals surface area contributed by atoms with E-state index < -0.39 is 0 Å². The van der Waals surface area contributed by atoms with Crippen LogP contribution in [0.5, 0.6) is 5.75 Å². The van der Waals surface area contributed by atoms with Gasteiger partial charge in [0.25, 0.3) is 5.91 Å². The van der Waals surface area contributed by atoms with Gasteiger partial charge in [0.1, 0.15) is 5.75 Å². The van der Waals surface area contributed by atoms with E-state index in [2.05, 4.69) is 22.9 Å². The van der Waals surface area contributed by atoms with Gasteiger partial charge in [-0.15, -0.1) is 0 Å². The number of ether oxygens (including phenoxy) is 1. The number of benzene rings is 2. The van der Waals surface area contributed by atoms with Crippen LogP contribution >= 0.6 is 0 Å². The fraction of sp³-hybridized carbons (Fsp3) is 0.280. The van der Waals surface area contributed by atoms with Gasteiger partial charge in [0.2, 0.25) is 5.91 Å². The van der Waals surface area contributed by atoms with Gasteiger partial charge in [-0.1, -0.05) is 32.3 Å². The highest BCUT2D eigenvalue weighted by Gasteiger charge is 2.09. The molecule has 2 aromatic carbocycles. The van der Waals surface area contributed by atoms with E-state index in [0.717, 1.165) is 24.5 Å².